The van der Waals surface area contributed by atoms with Gasteiger partial charge in [0.15, 0.2) is 0 Å². The first kappa shape index (κ1) is 14.3. The Morgan fingerprint density at radius 2 is 2.06 bits per heavy atom. The van der Waals surface area contributed by atoms with E-state index in [0.29, 0.717) is 19.6 Å². The number of nitrogens with zero attached hydrogens (tertiary/aromatic N) is 3. The van der Waals surface area contributed by atoms with E-state index in [-0.39, 0.29) is 12.6 Å². The number of hydrogen-bond acceptors (Lipinski definition) is 4. The summed E-state index contributed by atoms with van der Waals surface area (Å²) in [7, 11) is -3.40. The number of carbonyl (C=O) groups excluding carboxylic acids is 1. The molecule has 6 nitrogen and oxygen atoms in total. The molecule has 0 aliphatic carbocycles. The molecule has 0 aromatic heterocycles. The van der Waals surface area contributed by atoms with E-state index in [4.69, 9.17) is 0 Å². The topological polar surface area (TPSA) is 70.1 Å². The third-order valence-electron chi connectivity index (χ3n) is 2.95. The standard InChI is InChI=1S/C10H19N3O3S/c1-3-12(4-2)17(15,16)13-7-5-6-10(8-13)11-9-14/h10H,3-8H2,1-2H3. The average molecular weight is 261 g/mol. The molecule has 1 aliphatic heterocycles. The number of isocyanates is 1. The molecule has 1 rings (SSSR count). The van der Waals surface area contributed by atoms with Crippen LogP contribution >= 0.6 is 0 Å². The molecule has 17 heavy (non-hydrogen) atoms. The minimum absolute atomic E-state index is 0.244. The van der Waals surface area contributed by atoms with E-state index >= 15 is 0 Å². The van der Waals surface area contributed by atoms with Gasteiger partial charge in [0.2, 0.25) is 6.08 Å². The van der Waals surface area contributed by atoms with E-state index in [1.807, 2.05) is 13.8 Å². The average Bonchev–Trinajstić information content (AvgIpc) is 2.31. The lowest BCUT2D eigenvalue weighted by molar-refractivity contribution is 0.288. The maximum Gasteiger partial charge on any atom is 0.282 e. The molecule has 1 unspecified atom stereocenters. The van der Waals surface area contributed by atoms with Gasteiger partial charge in [0.05, 0.1) is 6.04 Å². The van der Waals surface area contributed by atoms with Gasteiger partial charge < -0.3 is 0 Å². The highest BCUT2D eigenvalue weighted by atomic mass is 32.2. The fourth-order valence-electron chi connectivity index (χ4n) is 2.02. The Labute approximate surface area is 102 Å². The summed E-state index contributed by atoms with van der Waals surface area (Å²) in [4.78, 5) is 13.8. The summed E-state index contributed by atoms with van der Waals surface area (Å²) >= 11 is 0. The minimum atomic E-state index is -3.40. The van der Waals surface area contributed by atoms with Gasteiger partial charge in [0, 0.05) is 26.2 Å². The van der Waals surface area contributed by atoms with Gasteiger partial charge in [0.1, 0.15) is 0 Å². The number of hydrogen-bond donors (Lipinski definition) is 0. The Hall–Kier alpha value is -0.750. The normalized spacial score (nSPS) is 22.4. The summed E-state index contributed by atoms with van der Waals surface area (Å²) in [5, 5.41) is 0. The third-order valence-corrected chi connectivity index (χ3v) is 5.11. The minimum Gasteiger partial charge on any atom is -0.211 e. The first-order chi connectivity index (χ1) is 8.06. The molecule has 0 amide bonds. The Morgan fingerprint density at radius 3 is 2.59 bits per heavy atom. The smallest absolute Gasteiger partial charge is 0.211 e. The van der Waals surface area contributed by atoms with Gasteiger partial charge in [0.25, 0.3) is 10.2 Å². The number of aliphatic imine (C=N–C) groups is 1. The van der Waals surface area contributed by atoms with Crippen LogP contribution < -0.4 is 0 Å². The van der Waals surface area contributed by atoms with Gasteiger partial charge in [-0.05, 0) is 12.8 Å². The van der Waals surface area contributed by atoms with E-state index in [0.717, 1.165) is 12.8 Å². The molecule has 98 valence electrons. The van der Waals surface area contributed by atoms with Crippen LogP contribution in [0.25, 0.3) is 0 Å². The van der Waals surface area contributed by atoms with Gasteiger partial charge in [-0.2, -0.15) is 17.0 Å². The lowest BCUT2D eigenvalue weighted by Gasteiger charge is -2.33. The summed E-state index contributed by atoms with van der Waals surface area (Å²) in [6.45, 7) is 5.32. The predicted octanol–water partition coefficient (Wildman–Crippen LogP) is 0.373. The molecule has 1 aliphatic rings. The molecule has 0 saturated carbocycles. The van der Waals surface area contributed by atoms with Gasteiger partial charge in [-0.3, -0.25) is 0 Å². The van der Waals surface area contributed by atoms with Crippen LogP contribution in [0.5, 0.6) is 0 Å². The third kappa shape index (κ3) is 3.35. The van der Waals surface area contributed by atoms with E-state index in [2.05, 4.69) is 4.99 Å². The second-order valence-corrected chi connectivity index (χ2v) is 5.89. The van der Waals surface area contributed by atoms with Crippen molar-refractivity contribution in [2.24, 2.45) is 4.99 Å². The van der Waals surface area contributed by atoms with E-state index in [1.165, 1.54) is 14.7 Å². The van der Waals surface area contributed by atoms with Gasteiger partial charge in [-0.1, -0.05) is 13.8 Å². The van der Waals surface area contributed by atoms with Crippen molar-refractivity contribution >= 4 is 16.3 Å². The number of rotatable bonds is 5. The summed E-state index contributed by atoms with van der Waals surface area (Å²) in [5.41, 5.74) is 0. The van der Waals surface area contributed by atoms with Crippen LogP contribution in [0.15, 0.2) is 4.99 Å². The van der Waals surface area contributed by atoms with Crippen molar-refractivity contribution in [3.05, 3.63) is 0 Å². The maximum absolute atomic E-state index is 12.2. The summed E-state index contributed by atoms with van der Waals surface area (Å²) < 4.78 is 27.2. The molecule has 0 aromatic rings. The van der Waals surface area contributed by atoms with Crippen LogP contribution in [0.2, 0.25) is 0 Å². The Kier molecular flexibility index (Phi) is 5.27. The van der Waals surface area contributed by atoms with E-state index in [1.54, 1.807) is 0 Å². The van der Waals surface area contributed by atoms with Crippen molar-refractivity contribution in [2.75, 3.05) is 26.2 Å². The first-order valence-electron chi connectivity index (χ1n) is 5.88. The molecule has 1 saturated heterocycles. The van der Waals surface area contributed by atoms with Crippen LogP contribution in [-0.2, 0) is 15.0 Å². The van der Waals surface area contributed by atoms with Crippen LogP contribution in [0, 0.1) is 0 Å². The zero-order valence-corrected chi connectivity index (χ0v) is 11.1. The molecular weight excluding hydrogens is 242 g/mol. The largest absolute Gasteiger partial charge is 0.282 e. The van der Waals surface area contributed by atoms with E-state index in [9.17, 15) is 13.2 Å². The highest BCUT2D eigenvalue weighted by molar-refractivity contribution is 7.86. The first-order valence-corrected chi connectivity index (χ1v) is 7.28. The van der Waals surface area contributed by atoms with Gasteiger partial charge in [-0.25, -0.2) is 9.79 Å². The molecule has 0 N–H and O–H groups in total. The van der Waals surface area contributed by atoms with Crippen molar-refractivity contribution in [3.63, 3.8) is 0 Å². The SMILES string of the molecule is CCN(CC)S(=O)(=O)N1CCCC(N=C=O)C1. The lowest BCUT2D eigenvalue weighted by Crippen LogP contribution is -2.48. The zero-order chi connectivity index (χ0) is 12.9. The van der Waals surface area contributed by atoms with Gasteiger partial charge >= 0.3 is 0 Å². The fraction of sp³-hybridized carbons (Fsp3) is 0.900. The molecule has 0 bridgehead atoms. The Balaban J connectivity index is 2.81. The van der Waals surface area contributed by atoms with Gasteiger partial charge in [-0.15, -0.1) is 0 Å². The molecule has 0 radical (unpaired) electrons. The summed E-state index contributed by atoms with van der Waals surface area (Å²) in [5.74, 6) is 0. The molecule has 1 fully saturated rings. The second-order valence-electron chi connectivity index (χ2n) is 3.97. The Morgan fingerprint density at radius 1 is 1.41 bits per heavy atom. The van der Waals surface area contributed by atoms with Crippen LogP contribution in [0.3, 0.4) is 0 Å². The molecule has 1 heterocycles. The highest BCUT2D eigenvalue weighted by Gasteiger charge is 2.32. The zero-order valence-electron chi connectivity index (χ0n) is 10.3. The summed E-state index contributed by atoms with van der Waals surface area (Å²) in [6.07, 6.45) is 2.99. The maximum atomic E-state index is 12.2. The quantitative estimate of drug-likeness (QED) is 0.530. The monoisotopic (exact) mass is 261 g/mol. The molecular formula is C10H19N3O3S. The van der Waals surface area contributed by atoms with Crippen LogP contribution in [-0.4, -0.2) is 55.3 Å². The van der Waals surface area contributed by atoms with Crippen molar-refractivity contribution < 1.29 is 13.2 Å². The van der Waals surface area contributed by atoms with E-state index < -0.39 is 10.2 Å². The van der Waals surface area contributed by atoms with Crippen molar-refractivity contribution in [1.82, 2.24) is 8.61 Å². The fourth-order valence-corrected chi connectivity index (χ4v) is 3.72. The van der Waals surface area contributed by atoms with Crippen LogP contribution in [0.1, 0.15) is 26.7 Å². The highest BCUT2D eigenvalue weighted by Crippen LogP contribution is 2.18. The molecule has 7 heteroatoms. The molecule has 0 spiro atoms. The Bertz CT molecular complexity index is 386. The van der Waals surface area contributed by atoms with Crippen molar-refractivity contribution in [3.8, 4) is 0 Å². The van der Waals surface area contributed by atoms with Crippen molar-refractivity contribution in [1.29, 1.82) is 0 Å². The summed E-state index contributed by atoms with van der Waals surface area (Å²) in [6, 6.07) is -0.244. The second kappa shape index (κ2) is 6.26. The molecule has 1 atom stereocenters. The number of piperidine rings is 1. The lowest BCUT2D eigenvalue weighted by atomic mass is 10.1. The van der Waals surface area contributed by atoms with Crippen LogP contribution in [0.4, 0.5) is 0 Å². The molecule has 0 aromatic carbocycles. The predicted molar refractivity (Wildman–Crippen MR) is 64.6 cm³/mol. The van der Waals surface area contributed by atoms with Crippen molar-refractivity contribution in [2.45, 2.75) is 32.7 Å².